The van der Waals surface area contributed by atoms with Gasteiger partial charge in [-0.15, -0.1) is 0 Å². The second-order valence-corrected chi connectivity index (χ2v) is 5.35. The molecule has 0 radical (unpaired) electrons. The average Bonchev–Trinajstić information content (AvgIpc) is 2.46. The van der Waals surface area contributed by atoms with Crippen molar-refractivity contribution in [1.82, 2.24) is 14.9 Å². The quantitative estimate of drug-likeness (QED) is 0.933. The topological polar surface area (TPSA) is 66.3 Å². The molecule has 0 fully saturated rings. The number of carboxylic acids is 1. The maximum absolute atomic E-state index is 11.5. The molecule has 5 nitrogen and oxygen atoms in total. The van der Waals surface area contributed by atoms with Gasteiger partial charge in [-0.3, -0.25) is 9.69 Å². The zero-order valence-corrected chi connectivity index (χ0v) is 11.9. The van der Waals surface area contributed by atoms with Crippen molar-refractivity contribution in [2.24, 2.45) is 0 Å². The van der Waals surface area contributed by atoms with Crippen LogP contribution in [-0.2, 0) is 17.9 Å². The molecule has 0 aliphatic carbocycles. The third-order valence-corrected chi connectivity index (χ3v) is 3.78. The van der Waals surface area contributed by atoms with Crippen LogP contribution in [0.4, 0.5) is 0 Å². The number of carbonyl (C=O) groups is 1. The lowest BCUT2D eigenvalue weighted by molar-refractivity contribution is -0.139. The molecule has 0 saturated carbocycles. The highest BCUT2D eigenvalue weighted by Gasteiger charge is 2.30. The van der Waals surface area contributed by atoms with Gasteiger partial charge in [-0.25, -0.2) is 9.97 Å². The van der Waals surface area contributed by atoms with Crippen molar-refractivity contribution < 1.29 is 9.90 Å². The Morgan fingerprint density at radius 1 is 1.38 bits per heavy atom. The number of aryl methyl sites for hydroxylation is 1. The maximum Gasteiger partial charge on any atom is 0.312 e. The minimum Gasteiger partial charge on any atom is -0.481 e. The van der Waals surface area contributed by atoms with Crippen LogP contribution in [-0.4, -0.2) is 32.5 Å². The van der Waals surface area contributed by atoms with Crippen molar-refractivity contribution in [2.45, 2.75) is 25.9 Å². The van der Waals surface area contributed by atoms with Crippen LogP contribution in [0.5, 0.6) is 0 Å². The Kier molecular flexibility index (Phi) is 3.66. The lowest BCUT2D eigenvalue weighted by Gasteiger charge is -2.32. The summed E-state index contributed by atoms with van der Waals surface area (Å²) >= 11 is 0. The molecular formula is C16H17N3O2. The minimum atomic E-state index is -0.772. The summed E-state index contributed by atoms with van der Waals surface area (Å²) in [5.74, 6) is -0.511. The number of hydrogen-bond donors (Lipinski definition) is 1. The van der Waals surface area contributed by atoms with Crippen LogP contribution in [0.15, 0.2) is 36.5 Å². The highest BCUT2D eigenvalue weighted by atomic mass is 16.4. The van der Waals surface area contributed by atoms with E-state index < -0.39 is 11.9 Å². The van der Waals surface area contributed by atoms with Crippen LogP contribution in [0, 0.1) is 6.92 Å². The van der Waals surface area contributed by atoms with Crippen molar-refractivity contribution >= 4 is 5.97 Å². The molecule has 21 heavy (non-hydrogen) atoms. The number of nitrogens with zero attached hydrogens (tertiary/aromatic N) is 3. The smallest absolute Gasteiger partial charge is 0.312 e. The van der Waals surface area contributed by atoms with E-state index in [-0.39, 0.29) is 0 Å². The fraction of sp³-hybridized carbons (Fsp3) is 0.312. The van der Waals surface area contributed by atoms with Gasteiger partial charge in [-0.2, -0.15) is 0 Å². The zero-order chi connectivity index (χ0) is 14.8. The molecule has 0 saturated heterocycles. The molecular weight excluding hydrogens is 266 g/mol. The van der Waals surface area contributed by atoms with Crippen LogP contribution in [0.25, 0.3) is 0 Å². The standard InChI is InChI=1S/C16H17N3O2/c1-11-17-7-6-13(18-11)9-19-8-12-4-2-3-5-14(12)15(10-19)16(20)21/h2-7,15H,8-10H2,1H3,(H,20,21). The van der Waals surface area contributed by atoms with Gasteiger partial charge >= 0.3 is 5.97 Å². The van der Waals surface area contributed by atoms with Crippen LogP contribution >= 0.6 is 0 Å². The first-order valence-electron chi connectivity index (χ1n) is 6.95. The SMILES string of the molecule is Cc1nccc(CN2Cc3ccccc3C(C(=O)O)C2)n1. The van der Waals surface area contributed by atoms with E-state index in [0.717, 1.165) is 29.2 Å². The molecule has 1 aromatic carbocycles. The number of hydrogen-bond acceptors (Lipinski definition) is 4. The first-order valence-corrected chi connectivity index (χ1v) is 6.95. The van der Waals surface area contributed by atoms with Gasteiger partial charge in [0.2, 0.25) is 0 Å². The normalized spacial score (nSPS) is 18.2. The Balaban J connectivity index is 1.85. The van der Waals surface area contributed by atoms with Crippen molar-refractivity contribution in [2.75, 3.05) is 6.54 Å². The highest BCUT2D eigenvalue weighted by molar-refractivity contribution is 5.77. The summed E-state index contributed by atoms with van der Waals surface area (Å²) in [6.07, 6.45) is 1.74. The second kappa shape index (κ2) is 5.61. The van der Waals surface area contributed by atoms with E-state index in [9.17, 15) is 9.90 Å². The fourth-order valence-corrected chi connectivity index (χ4v) is 2.83. The fourth-order valence-electron chi connectivity index (χ4n) is 2.83. The Bertz CT molecular complexity index is 672. The Morgan fingerprint density at radius 2 is 2.19 bits per heavy atom. The Morgan fingerprint density at radius 3 is 2.95 bits per heavy atom. The number of aliphatic carboxylic acids is 1. The summed E-state index contributed by atoms with van der Waals surface area (Å²) < 4.78 is 0. The molecule has 1 aromatic heterocycles. The summed E-state index contributed by atoms with van der Waals surface area (Å²) in [6.45, 7) is 3.76. The zero-order valence-electron chi connectivity index (χ0n) is 11.9. The van der Waals surface area contributed by atoms with Gasteiger partial charge < -0.3 is 5.11 Å². The molecule has 0 amide bonds. The molecule has 1 aliphatic heterocycles. The molecule has 1 unspecified atom stereocenters. The number of fused-ring (bicyclic) bond motifs is 1. The molecule has 5 heteroatoms. The molecule has 108 valence electrons. The van der Waals surface area contributed by atoms with E-state index in [2.05, 4.69) is 14.9 Å². The first kappa shape index (κ1) is 13.7. The largest absolute Gasteiger partial charge is 0.481 e. The number of benzene rings is 1. The summed E-state index contributed by atoms with van der Waals surface area (Å²) in [6, 6.07) is 9.65. The summed E-state index contributed by atoms with van der Waals surface area (Å²) in [5, 5.41) is 9.46. The monoisotopic (exact) mass is 283 g/mol. The summed E-state index contributed by atoms with van der Waals surface area (Å²) in [7, 11) is 0. The van der Waals surface area contributed by atoms with E-state index in [1.54, 1.807) is 6.20 Å². The summed E-state index contributed by atoms with van der Waals surface area (Å²) in [5.41, 5.74) is 2.94. The minimum absolute atomic E-state index is 0.474. The molecule has 1 N–H and O–H groups in total. The predicted molar refractivity (Wildman–Crippen MR) is 77.7 cm³/mol. The van der Waals surface area contributed by atoms with Gasteiger partial charge in [0, 0.05) is 25.8 Å². The van der Waals surface area contributed by atoms with Crippen molar-refractivity contribution in [1.29, 1.82) is 0 Å². The number of carboxylic acid groups (broad SMARTS) is 1. The van der Waals surface area contributed by atoms with Gasteiger partial charge in [-0.1, -0.05) is 24.3 Å². The van der Waals surface area contributed by atoms with Gasteiger partial charge in [0.1, 0.15) is 5.82 Å². The van der Waals surface area contributed by atoms with Crippen molar-refractivity contribution in [3.8, 4) is 0 Å². The van der Waals surface area contributed by atoms with E-state index >= 15 is 0 Å². The molecule has 0 spiro atoms. The van der Waals surface area contributed by atoms with Crippen molar-refractivity contribution in [3.63, 3.8) is 0 Å². The van der Waals surface area contributed by atoms with Crippen LogP contribution < -0.4 is 0 Å². The lowest BCUT2D eigenvalue weighted by Crippen LogP contribution is -2.36. The van der Waals surface area contributed by atoms with E-state index in [0.29, 0.717) is 13.1 Å². The van der Waals surface area contributed by atoms with Crippen LogP contribution in [0.2, 0.25) is 0 Å². The van der Waals surface area contributed by atoms with Gasteiger partial charge in [-0.05, 0) is 24.1 Å². The molecule has 3 rings (SSSR count). The van der Waals surface area contributed by atoms with Gasteiger partial charge in [0.25, 0.3) is 0 Å². The lowest BCUT2D eigenvalue weighted by atomic mass is 9.90. The molecule has 2 aromatic rings. The first-order chi connectivity index (χ1) is 10.1. The summed E-state index contributed by atoms with van der Waals surface area (Å²) in [4.78, 5) is 22.1. The third kappa shape index (κ3) is 2.92. The van der Waals surface area contributed by atoms with Gasteiger partial charge in [0.15, 0.2) is 0 Å². The van der Waals surface area contributed by atoms with E-state index in [1.807, 2.05) is 37.3 Å². The van der Waals surface area contributed by atoms with E-state index in [4.69, 9.17) is 0 Å². The maximum atomic E-state index is 11.5. The third-order valence-electron chi connectivity index (χ3n) is 3.78. The highest BCUT2D eigenvalue weighted by Crippen LogP contribution is 2.29. The molecule has 1 aliphatic rings. The number of rotatable bonds is 3. The van der Waals surface area contributed by atoms with Crippen molar-refractivity contribution in [3.05, 3.63) is 59.2 Å². The molecule has 2 heterocycles. The Labute approximate surface area is 123 Å². The Hall–Kier alpha value is -2.27. The molecule has 0 bridgehead atoms. The average molecular weight is 283 g/mol. The van der Waals surface area contributed by atoms with Crippen LogP contribution in [0.1, 0.15) is 28.6 Å². The van der Waals surface area contributed by atoms with E-state index in [1.165, 1.54) is 0 Å². The molecule has 1 atom stereocenters. The second-order valence-electron chi connectivity index (χ2n) is 5.35. The van der Waals surface area contributed by atoms with Crippen LogP contribution in [0.3, 0.4) is 0 Å². The van der Waals surface area contributed by atoms with Gasteiger partial charge in [0.05, 0.1) is 11.6 Å². The predicted octanol–water partition coefficient (Wildman–Crippen LogP) is 1.97. The number of aromatic nitrogens is 2.